The number of likely N-dealkylation sites (tertiary alicyclic amines) is 1. The molecule has 0 amide bonds. The molecule has 2 aliphatic rings. The highest BCUT2D eigenvalue weighted by Gasteiger charge is 2.43. The van der Waals surface area contributed by atoms with Gasteiger partial charge in [0.2, 0.25) is 0 Å². The van der Waals surface area contributed by atoms with E-state index in [0.29, 0.717) is 26.1 Å². The van der Waals surface area contributed by atoms with Gasteiger partial charge in [0, 0.05) is 37.7 Å². The van der Waals surface area contributed by atoms with Gasteiger partial charge in [0.1, 0.15) is 11.6 Å². The van der Waals surface area contributed by atoms with Crippen molar-refractivity contribution in [2.45, 2.75) is 38.1 Å². The number of esters is 1. The summed E-state index contributed by atoms with van der Waals surface area (Å²) in [6.45, 7) is 3.62. The van der Waals surface area contributed by atoms with Crippen molar-refractivity contribution in [1.29, 1.82) is 0 Å². The molecule has 2 unspecified atom stereocenters. The Morgan fingerprint density at radius 1 is 1.31 bits per heavy atom. The molecule has 7 heteroatoms. The normalized spacial score (nSPS) is 23.7. The second-order valence-electron chi connectivity index (χ2n) is 6.79. The van der Waals surface area contributed by atoms with Crippen molar-refractivity contribution in [3.05, 3.63) is 35.4 Å². The van der Waals surface area contributed by atoms with E-state index in [1.165, 1.54) is 18.2 Å². The zero-order chi connectivity index (χ0) is 18.7. The maximum atomic E-state index is 13.9. The van der Waals surface area contributed by atoms with Crippen molar-refractivity contribution in [3.8, 4) is 0 Å². The third-order valence-corrected chi connectivity index (χ3v) is 5.10. The molecule has 0 aromatic heterocycles. The van der Waals surface area contributed by atoms with E-state index in [2.05, 4.69) is 15.2 Å². The molecule has 1 saturated carbocycles. The number of aliphatic imine (C=N–C) groups is 1. The van der Waals surface area contributed by atoms with Gasteiger partial charge in [-0.3, -0.25) is 9.79 Å². The third-order valence-electron chi connectivity index (χ3n) is 5.10. The van der Waals surface area contributed by atoms with Crippen LogP contribution in [0.4, 0.5) is 8.78 Å². The minimum absolute atomic E-state index is 0.0251. The fourth-order valence-electron chi connectivity index (χ4n) is 3.59. The Hall–Kier alpha value is -2.18. The first-order valence-electron chi connectivity index (χ1n) is 9.14. The van der Waals surface area contributed by atoms with Crippen molar-refractivity contribution in [2.24, 2.45) is 10.9 Å². The van der Waals surface area contributed by atoms with Gasteiger partial charge in [0.25, 0.3) is 0 Å². The van der Waals surface area contributed by atoms with Crippen LogP contribution in [0.3, 0.4) is 0 Å². The van der Waals surface area contributed by atoms with Crippen LogP contribution in [-0.2, 0) is 9.53 Å². The van der Waals surface area contributed by atoms with Gasteiger partial charge in [-0.25, -0.2) is 8.78 Å². The van der Waals surface area contributed by atoms with E-state index in [1.54, 1.807) is 7.05 Å². The Kier molecular flexibility index (Phi) is 5.74. The average Bonchev–Trinajstić information content (AvgIpc) is 3.38. The van der Waals surface area contributed by atoms with Gasteiger partial charge in [-0.2, -0.15) is 0 Å². The summed E-state index contributed by atoms with van der Waals surface area (Å²) in [4.78, 5) is 18.2. The summed E-state index contributed by atoms with van der Waals surface area (Å²) in [5.74, 6) is -0.645. The van der Waals surface area contributed by atoms with E-state index in [-0.39, 0.29) is 29.4 Å². The zero-order valence-corrected chi connectivity index (χ0v) is 15.2. The molecule has 1 aliphatic heterocycles. The van der Waals surface area contributed by atoms with Gasteiger partial charge in [0.15, 0.2) is 5.96 Å². The molecule has 26 heavy (non-hydrogen) atoms. The van der Waals surface area contributed by atoms with Crippen LogP contribution in [0.15, 0.2) is 23.2 Å². The van der Waals surface area contributed by atoms with Crippen LogP contribution >= 0.6 is 0 Å². The summed E-state index contributed by atoms with van der Waals surface area (Å²) in [5.41, 5.74) is 0.154. The minimum Gasteiger partial charge on any atom is -0.466 e. The highest BCUT2D eigenvalue weighted by molar-refractivity contribution is 5.81. The van der Waals surface area contributed by atoms with Crippen LogP contribution in [0, 0.1) is 17.6 Å². The standard InChI is InChI=1S/C19H25F2N3O2/c1-3-26-18(25)12-7-9-24(10-8-12)19(22-2)23-16-11-13(16)17-14(20)5-4-6-15(17)21/h4-6,12-13,16H,3,7-11H2,1-2H3,(H,22,23). The largest absolute Gasteiger partial charge is 0.466 e. The second-order valence-corrected chi connectivity index (χ2v) is 6.79. The molecule has 5 nitrogen and oxygen atoms in total. The molecule has 2 atom stereocenters. The highest BCUT2D eigenvalue weighted by atomic mass is 19.1. The summed E-state index contributed by atoms with van der Waals surface area (Å²) in [6, 6.07) is 3.94. The van der Waals surface area contributed by atoms with Crippen LogP contribution in [0.2, 0.25) is 0 Å². The van der Waals surface area contributed by atoms with Gasteiger partial charge in [0.05, 0.1) is 12.5 Å². The predicted molar refractivity (Wildman–Crippen MR) is 94.9 cm³/mol. The van der Waals surface area contributed by atoms with E-state index in [4.69, 9.17) is 4.74 Å². The van der Waals surface area contributed by atoms with Crippen LogP contribution in [0.5, 0.6) is 0 Å². The summed E-state index contributed by atoms with van der Waals surface area (Å²) in [6.07, 6.45) is 2.11. The summed E-state index contributed by atoms with van der Waals surface area (Å²) in [5, 5.41) is 3.31. The van der Waals surface area contributed by atoms with Crippen molar-refractivity contribution >= 4 is 11.9 Å². The molecule has 142 valence electrons. The van der Waals surface area contributed by atoms with Crippen LogP contribution in [0.1, 0.15) is 37.7 Å². The average molecular weight is 365 g/mol. The van der Waals surface area contributed by atoms with E-state index < -0.39 is 11.6 Å². The van der Waals surface area contributed by atoms with Crippen LogP contribution in [-0.4, -0.2) is 49.6 Å². The van der Waals surface area contributed by atoms with E-state index >= 15 is 0 Å². The summed E-state index contributed by atoms with van der Waals surface area (Å²) >= 11 is 0. The molecular weight excluding hydrogens is 340 g/mol. The van der Waals surface area contributed by atoms with E-state index in [1.807, 2.05) is 6.92 Å². The number of piperidine rings is 1. The molecule has 1 N–H and O–H groups in total. The van der Waals surface area contributed by atoms with E-state index in [0.717, 1.165) is 18.8 Å². The summed E-state index contributed by atoms with van der Waals surface area (Å²) in [7, 11) is 1.70. The first-order valence-corrected chi connectivity index (χ1v) is 9.14. The Balaban J connectivity index is 1.55. The van der Waals surface area contributed by atoms with Gasteiger partial charge >= 0.3 is 5.97 Å². The lowest BCUT2D eigenvalue weighted by Gasteiger charge is -2.33. The molecule has 1 aliphatic carbocycles. The SMILES string of the molecule is CCOC(=O)C1CCN(C(=NC)NC2CC2c2c(F)cccc2F)CC1. The molecule has 1 aromatic rings. The maximum Gasteiger partial charge on any atom is 0.309 e. The number of guanidine groups is 1. The van der Waals surface area contributed by atoms with Crippen LogP contribution in [0.25, 0.3) is 0 Å². The van der Waals surface area contributed by atoms with Crippen molar-refractivity contribution in [2.75, 3.05) is 26.7 Å². The predicted octanol–water partition coefficient (Wildman–Crippen LogP) is 2.67. The number of hydrogen-bond acceptors (Lipinski definition) is 3. The van der Waals surface area contributed by atoms with Crippen molar-refractivity contribution < 1.29 is 18.3 Å². The third kappa shape index (κ3) is 3.97. The zero-order valence-electron chi connectivity index (χ0n) is 15.2. The van der Waals surface area contributed by atoms with Crippen molar-refractivity contribution in [1.82, 2.24) is 10.2 Å². The number of hydrogen-bond donors (Lipinski definition) is 1. The molecule has 1 saturated heterocycles. The molecule has 1 heterocycles. The molecule has 2 fully saturated rings. The quantitative estimate of drug-likeness (QED) is 0.506. The lowest BCUT2D eigenvalue weighted by Crippen LogP contribution is -2.47. The smallest absolute Gasteiger partial charge is 0.309 e. The maximum absolute atomic E-state index is 13.9. The Morgan fingerprint density at radius 2 is 1.96 bits per heavy atom. The van der Waals surface area contributed by atoms with Gasteiger partial charge < -0.3 is 15.0 Å². The van der Waals surface area contributed by atoms with Gasteiger partial charge in [-0.15, -0.1) is 0 Å². The first-order chi connectivity index (χ1) is 12.5. The number of rotatable bonds is 4. The second kappa shape index (κ2) is 8.01. The number of halogens is 2. The molecule has 0 bridgehead atoms. The lowest BCUT2D eigenvalue weighted by atomic mass is 9.97. The number of ether oxygens (including phenoxy) is 1. The van der Waals surface area contributed by atoms with Crippen molar-refractivity contribution in [3.63, 3.8) is 0 Å². The molecule has 0 spiro atoms. The lowest BCUT2D eigenvalue weighted by molar-refractivity contribution is -0.149. The van der Waals surface area contributed by atoms with Gasteiger partial charge in [-0.1, -0.05) is 6.07 Å². The Morgan fingerprint density at radius 3 is 2.54 bits per heavy atom. The number of carbonyl (C=O) groups is 1. The topological polar surface area (TPSA) is 53.9 Å². The fraction of sp³-hybridized carbons (Fsp3) is 0.579. The number of carbonyl (C=O) groups excluding carboxylic acids is 1. The summed E-state index contributed by atoms with van der Waals surface area (Å²) < 4.78 is 32.9. The molecule has 1 aromatic carbocycles. The number of benzene rings is 1. The Labute approximate surface area is 152 Å². The fourth-order valence-corrected chi connectivity index (χ4v) is 3.59. The molecule has 3 rings (SSSR count). The Bertz CT molecular complexity index is 667. The highest BCUT2D eigenvalue weighted by Crippen LogP contribution is 2.43. The van der Waals surface area contributed by atoms with Gasteiger partial charge in [-0.05, 0) is 38.3 Å². The van der Waals surface area contributed by atoms with E-state index in [9.17, 15) is 13.6 Å². The van der Waals surface area contributed by atoms with Crippen LogP contribution < -0.4 is 5.32 Å². The first kappa shape index (κ1) is 18.6. The molecule has 0 radical (unpaired) electrons. The minimum atomic E-state index is -0.496. The number of nitrogens with one attached hydrogen (secondary N) is 1. The monoisotopic (exact) mass is 365 g/mol. The molecular formula is C19H25F2N3O2. The number of nitrogens with zero attached hydrogens (tertiary/aromatic N) is 2.